The van der Waals surface area contributed by atoms with Gasteiger partial charge in [0, 0.05) is 18.4 Å². The maximum Gasteiger partial charge on any atom is 0.339 e. The number of anilines is 1. The molecule has 2 rings (SSSR count). The van der Waals surface area contributed by atoms with Crippen molar-refractivity contribution in [1.29, 1.82) is 0 Å². The van der Waals surface area contributed by atoms with Crippen molar-refractivity contribution in [2.75, 3.05) is 5.32 Å². The smallest absolute Gasteiger partial charge is 0.339 e. The van der Waals surface area contributed by atoms with Gasteiger partial charge >= 0.3 is 5.97 Å². The first-order chi connectivity index (χ1) is 8.68. The highest BCUT2D eigenvalue weighted by atomic mass is 16.4. The molecule has 4 nitrogen and oxygen atoms in total. The van der Waals surface area contributed by atoms with E-state index in [0.29, 0.717) is 5.69 Å². The maximum absolute atomic E-state index is 11.1. The summed E-state index contributed by atoms with van der Waals surface area (Å²) in [5, 5.41) is 12.3. The molecule has 18 heavy (non-hydrogen) atoms. The second-order valence-corrected chi connectivity index (χ2v) is 4.00. The molecule has 1 aromatic carbocycles. The Morgan fingerprint density at radius 3 is 2.67 bits per heavy atom. The Balaban J connectivity index is 2.22. The number of nitrogens with zero attached hydrogens (tertiary/aromatic N) is 1. The number of carbonyl (C=O) groups is 1. The average Bonchev–Trinajstić information content (AvgIpc) is 2.40. The van der Waals surface area contributed by atoms with Crippen LogP contribution in [0.1, 0.15) is 28.9 Å². The van der Waals surface area contributed by atoms with E-state index in [1.54, 1.807) is 12.3 Å². The molecular formula is C14H14N2O2. The number of pyridine rings is 1. The molecule has 1 heterocycles. The number of rotatable bonds is 4. The number of carboxylic acid groups (broad SMARTS) is 1. The van der Waals surface area contributed by atoms with Gasteiger partial charge in [0.15, 0.2) is 0 Å². The second kappa shape index (κ2) is 5.31. The van der Waals surface area contributed by atoms with Crippen LogP contribution in [-0.4, -0.2) is 16.1 Å². The van der Waals surface area contributed by atoms with Gasteiger partial charge in [0.2, 0.25) is 0 Å². The lowest BCUT2D eigenvalue weighted by Gasteiger charge is -2.16. The fraction of sp³-hybridized carbons (Fsp3) is 0.143. The summed E-state index contributed by atoms with van der Waals surface area (Å²) in [4.78, 5) is 14.9. The van der Waals surface area contributed by atoms with Crippen LogP contribution in [0.5, 0.6) is 0 Å². The Morgan fingerprint density at radius 1 is 1.28 bits per heavy atom. The Bertz CT molecular complexity index is 541. The van der Waals surface area contributed by atoms with Crippen LogP contribution in [0.2, 0.25) is 0 Å². The van der Waals surface area contributed by atoms with Crippen molar-refractivity contribution < 1.29 is 9.90 Å². The van der Waals surface area contributed by atoms with Crippen LogP contribution in [0.4, 0.5) is 5.69 Å². The first-order valence-electron chi connectivity index (χ1n) is 5.67. The van der Waals surface area contributed by atoms with Crippen LogP contribution in [-0.2, 0) is 0 Å². The SMILES string of the molecule is CC(Nc1ccncc1C(=O)O)c1ccccc1. The molecule has 92 valence electrons. The van der Waals surface area contributed by atoms with Gasteiger partial charge in [-0.2, -0.15) is 0 Å². The molecule has 0 fully saturated rings. The minimum atomic E-state index is -0.981. The summed E-state index contributed by atoms with van der Waals surface area (Å²) in [7, 11) is 0. The second-order valence-electron chi connectivity index (χ2n) is 4.00. The molecule has 0 bridgehead atoms. The summed E-state index contributed by atoms with van der Waals surface area (Å²) in [6, 6.07) is 11.6. The van der Waals surface area contributed by atoms with Gasteiger partial charge in [-0.15, -0.1) is 0 Å². The number of nitrogens with one attached hydrogen (secondary N) is 1. The van der Waals surface area contributed by atoms with Crippen LogP contribution >= 0.6 is 0 Å². The van der Waals surface area contributed by atoms with Gasteiger partial charge in [-0.1, -0.05) is 30.3 Å². The van der Waals surface area contributed by atoms with Crippen LogP contribution in [0, 0.1) is 0 Å². The first-order valence-corrected chi connectivity index (χ1v) is 5.67. The Morgan fingerprint density at radius 2 is 2.00 bits per heavy atom. The van der Waals surface area contributed by atoms with E-state index in [9.17, 15) is 4.79 Å². The average molecular weight is 242 g/mol. The monoisotopic (exact) mass is 242 g/mol. The van der Waals surface area contributed by atoms with E-state index in [2.05, 4.69) is 10.3 Å². The van der Waals surface area contributed by atoms with E-state index >= 15 is 0 Å². The van der Waals surface area contributed by atoms with Crippen molar-refractivity contribution in [2.45, 2.75) is 13.0 Å². The third-order valence-corrected chi connectivity index (χ3v) is 2.72. The highest BCUT2D eigenvalue weighted by Gasteiger charge is 2.12. The number of carboxylic acids is 1. The minimum absolute atomic E-state index is 0.0340. The van der Waals surface area contributed by atoms with Crippen molar-refractivity contribution in [3.8, 4) is 0 Å². The Kier molecular flexibility index (Phi) is 3.57. The van der Waals surface area contributed by atoms with Gasteiger partial charge in [-0.3, -0.25) is 4.98 Å². The topological polar surface area (TPSA) is 62.2 Å². The Hall–Kier alpha value is -2.36. The zero-order valence-corrected chi connectivity index (χ0v) is 10.00. The van der Waals surface area contributed by atoms with E-state index in [0.717, 1.165) is 5.56 Å². The first kappa shape index (κ1) is 12.1. The summed E-state index contributed by atoms with van der Waals surface area (Å²) < 4.78 is 0. The normalized spacial score (nSPS) is 11.8. The quantitative estimate of drug-likeness (QED) is 0.865. The largest absolute Gasteiger partial charge is 0.478 e. The molecule has 1 atom stereocenters. The van der Waals surface area contributed by atoms with Crippen molar-refractivity contribution in [1.82, 2.24) is 4.98 Å². The van der Waals surface area contributed by atoms with E-state index in [4.69, 9.17) is 5.11 Å². The molecule has 0 aliphatic carbocycles. The number of hydrogen-bond acceptors (Lipinski definition) is 3. The molecule has 0 radical (unpaired) electrons. The molecule has 0 aliphatic heterocycles. The molecule has 0 aliphatic rings. The fourth-order valence-electron chi connectivity index (χ4n) is 1.75. The van der Waals surface area contributed by atoms with Crippen molar-refractivity contribution in [2.24, 2.45) is 0 Å². The third-order valence-electron chi connectivity index (χ3n) is 2.72. The lowest BCUT2D eigenvalue weighted by Crippen LogP contribution is -2.10. The maximum atomic E-state index is 11.1. The molecule has 1 aromatic heterocycles. The van der Waals surface area contributed by atoms with Crippen LogP contribution < -0.4 is 5.32 Å². The lowest BCUT2D eigenvalue weighted by molar-refractivity contribution is 0.0697. The predicted octanol–water partition coefficient (Wildman–Crippen LogP) is 2.95. The number of aromatic nitrogens is 1. The van der Waals surface area contributed by atoms with Gasteiger partial charge in [-0.05, 0) is 18.6 Å². The van der Waals surface area contributed by atoms with E-state index < -0.39 is 5.97 Å². The molecule has 0 spiro atoms. The van der Waals surface area contributed by atoms with Gasteiger partial charge < -0.3 is 10.4 Å². The van der Waals surface area contributed by atoms with Crippen LogP contribution in [0.15, 0.2) is 48.8 Å². The van der Waals surface area contributed by atoms with E-state index in [1.165, 1.54) is 6.20 Å². The fourth-order valence-corrected chi connectivity index (χ4v) is 1.75. The van der Waals surface area contributed by atoms with Gasteiger partial charge in [0.05, 0.1) is 5.69 Å². The summed E-state index contributed by atoms with van der Waals surface area (Å²) in [6.45, 7) is 1.99. The van der Waals surface area contributed by atoms with Crippen molar-refractivity contribution in [3.63, 3.8) is 0 Å². The minimum Gasteiger partial charge on any atom is -0.478 e. The molecular weight excluding hydrogens is 228 g/mol. The third kappa shape index (κ3) is 2.66. The molecule has 0 amide bonds. The molecule has 2 N–H and O–H groups in total. The van der Waals surface area contributed by atoms with E-state index in [-0.39, 0.29) is 11.6 Å². The predicted molar refractivity (Wildman–Crippen MR) is 69.7 cm³/mol. The van der Waals surface area contributed by atoms with Crippen molar-refractivity contribution in [3.05, 3.63) is 59.9 Å². The van der Waals surface area contributed by atoms with Gasteiger partial charge in [0.25, 0.3) is 0 Å². The molecule has 2 aromatic rings. The summed E-state index contributed by atoms with van der Waals surface area (Å²) >= 11 is 0. The summed E-state index contributed by atoms with van der Waals surface area (Å²) in [5.41, 5.74) is 1.86. The van der Waals surface area contributed by atoms with Crippen LogP contribution in [0.3, 0.4) is 0 Å². The van der Waals surface area contributed by atoms with E-state index in [1.807, 2.05) is 37.3 Å². The molecule has 1 unspecified atom stereocenters. The number of hydrogen-bond donors (Lipinski definition) is 2. The van der Waals surface area contributed by atoms with Gasteiger partial charge in [-0.25, -0.2) is 4.79 Å². The summed E-state index contributed by atoms with van der Waals surface area (Å²) in [6.07, 6.45) is 2.93. The summed E-state index contributed by atoms with van der Waals surface area (Å²) in [5.74, 6) is -0.981. The highest BCUT2D eigenvalue weighted by Crippen LogP contribution is 2.21. The standard InChI is InChI=1S/C14H14N2O2/c1-10(11-5-3-2-4-6-11)16-13-7-8-15-9-12(13)14(17)18/h2-10H,1H3,(H,15,16)(H,17,18). The molecule has 0 saturated carbocycles. The Labute approximate surface area is 105 Å². The zero-order chi connectivity index (χ0) is 13.0. The number of aromatic carboxylic acids is 1. The zero-order valence-electron chi connectivity index (χ0n) is 10.00. The highest BCUT2D eigenvalue weighted by molar-refractivity contribution is 5.93. The van der Waals surface area contributed by atoms with Crippen molar-refractivity contribution >= 4 is 11.7 Å². The molecule has 4 heteroatoms. The number of benzene rings is 1. The lowest BCUT2D eigenvalue weighted by atomic mass is 10.1. The van der Waals surface area contributed by atoms with Crippen LogP contribution in [0.25, 0.3) is 0 Å². The van der Waals surface area contributed by atoms with Gasteiger partial charge in [0.1, 0.15) is 5.56 Å². The molecule has 0 saturated heterocycles.